The summed E-state index contributed by atoms with van der Waals surface area (Å²) in [5.41, 5.74) is 0.878. The fourth-order valence-electron chi connectivity index (χ4n) is 1.37. The lowest BCUT2D eigenvalue weighted by molar-refractivity contribution is -0.132. The Bertz CT molecular complexity index is 463. The van der Waals surface area contributed by atoms with Crippen LogP contribution in [0.4, 0.5) is 5.69 Å². The number of hydrogen-bond donors (Lipinski definition) is 2. The van der Waals surface area contributed by atoms with E-state index in [9.17, 15) is 4.79 Å². The van der Waals surface area contributed by atoms with Crippen LogP contribution in [-0.4, -0.2) is 17.6 Å². The Labute approximate surface area is 120 Å². The summed E-state index contributed by atoms with van der Waals surface area (Å²) < 4.78 is 0. The standard InChI is InChI=1S/C12H12Cl3NO2/c1-2-7(12(17)18)3-4-16-11-9(14)5-8(13)6-10(11)15/h3,5-6,16H,2,4H2,1H3,(H,17,18). The lowest BCUT2D eigenvalue weighted by atomic mass is 10.2. The summed E-state index contributed by atoms with van der Waals surface area (Å²) in [5, 5.41) is 13.1. The van der Waals surface area contributed by atoms with Crippen LogP contribution in [0, 0.1) is 0 Å². The first-order valence-electron chi connectivity index (χ1n) is 5.26. The van der Waals surface area contributed by atoms with Crippen molar-refractivity contribution in [1.29, 1.82) is 0 Å². The third kappa shape index (κ3) is 4.09. The number of hydrogen-bond acceptors (Lipinski definition) is 2. The number of halogens is 3. The van der Waals surface area contributed by atoms with E-state index in [-0.39, 0.29) is 0 Å². The average molecular weight is 309 g/mol. The van der Waals surface area contributed by atoms with E-state index < -0.39 is 5.97 Å². The Hall–Kier alpha value is -0.900. The molecule has 0 heterocycles. The van der Waals surface area contributed by atoms with Gasteiger partial charge >= 0.3 is 5.97 Å². The predicted octanol–water partition coefficient (Wildman–Crippen LogP) is 4.48. The number of carbonyl (C=O) groups is 1. The van der Waals surface area contributed by atoms with Crippen LogP contribution >= 0.6 is 34.8 Å². The van der Waals surface area contributed by atoms with Crippen LogP contribution < -0.4 is 5.32 Å². The molecule has 0 aliphatic heterocycles. The van der Waals surface area contributed by atoms with Gasteiger partial charge in [0.15, 0.2) is 0 Å². The molecule has 0 saturated heterocycles. The summed E-state index contributed by atoms with van der Waals surface area (Å²) in [5.74, 6) is -0.924. The van der Waals surface area contributed by atoms with E-state index in [4.69, 9.17) is 39.9 Å². The largest absolute Gasteiger partial charge is 0.478 e. The van der Waals surface area contributed by atoms with Gasteiger partial charge in [-0.05, 0) is 18.6 Å². The van der Waals surface area contributed by atoms with Gasteiger partial charge in [0.1, 0.15) is 0 Å². The van der Waals surface area contributed by atoms with Crippen molar-refractivity contribution in [3.63, 3.8) is 0 Å². The van der Waals surface area contributed by atoms with Crippen LogP contribution in [0.2, 0.25) is 15.1 Å². The SMILES string of the molecule is CCC(=CCNc1c(Cl)cc(Cl)cc1Cl)C(=O)O. The zero-order valence-electron chi connectivity index (χ0n) is 9.64. The molecule has 0 fully saturated rings. The van der Waals surface area contributed by atoms with E-state index in [1.54, 1.807) is 25.1 Å². The van der Waals surface area contributed by atoms with Crippen LogP contribution in [-0.2, 0) is 4.79 Å². The van der Waals surface area contributed by atoms with Crippen molar-refractivity contribution in [2.45, 2.75) is 13.3 Å². The van der Waals surface area contributed by atoms with Gasteiger partial charge in [0.05, 0.1) is 15.7 Å². The van der Waals surface area contributed by atoms with E-state index in [1.807, 2.05) is 0 Å². The van der Waals surface area contributed by atoms with Gasteiger partial charge in [-0.2, -0.15) is 0 Å². The van der Waals surface area contributed by atoms with Crippen molar-refractivity contribution in [3.8, 4) is 0 Å². The van der Waals surface area contributed by atoms with Crippen molar-refractivity contribution in [1.82, 2.24) is 0 Å². The molecule has 0 bridgehead atoms. The summed E-state index contributed by atoms with van der Waals surface area (Å²) in [7, 11) is 0. The molecular weight excluding hydrogens is 296 g/mol. The van der Waals surface area contributed by atoms with E-state index in [0.717, 1.165) is 0 Å². The van der Waals surface area contributed by atoms with Crippen molar-refractivity contribution in [2.24, 2.45) is 0 Å². The number of nitrogens with one attached hydrogen (secondary N) is 1. The van der Waals surface area contributed by atoms with Gasteiger partial charge in [-0.25, -0.2) is 4.79 Å². The highest BCUT2D eigenvalue weighted by Crippen LogP contribution is 2.33. The molecule has 3 nitrogen and oxygen atoms in total. The summed E-state index contributed by atoms with van der Waals surface area (Å²) in [6, 6.07) is 3.14. The van der Waals surface area contributed by atoms with Gasteiger partial charge in [-0.15, -0.1) is 0 Å². The van der Waals surface area contributed by atoms with E-state index in [1.165, 1.54) is 0 Å². The Balaban J connectivity index is 2.78. The maximum absolute atomic E-state index is 10.8. The van der Waals surface area contributed by atoms with Crippen molar-refractivity contribution >= 4 is 46.5 Å². The van der Waals surface area contributed by atoms with E-state index >= 15 is 0 Å². The molecule has 1 aromatic rings. The molecule has 98 valence electrons. The Morgan fingerprint density at radius 2 is 1.89 bits per heavy atom. The lowest BCUT2D eigenvalue weighted by Crippen LogP contribution is -2.05. The first-order valence-corrected chi connectivity index (χ1v) is 6.39. The minimum atomic E-state index is -0.924. The normalized spacial score (nSPS) is 11.4. The first kappa shape index (κ1) is 15.2. The van der Waals surface area contributed by atoms with Crippen LogP contribution in [0.1, 0.15) is 13.3 Å². The molecule has 1 rings (SSSR count). The molecule has 2 N–H and O–H groups in total. The molecule has 0 spiro atoms. The highest BCUT2D eigenvalue weighted by Gasteiger charge is 2.07. The molecule has 0 aromatic heterocycles. The van der Waals surface area contributed by atoms with Crippen LogP contribution in [0.15, 0.2) is 23.8 Å². The fraction of sp³-hybridized carbons (Fsp3) is 0.250. The molecule has 0 atom stereocenters. The van der Waals surface area contributed by atoms with Gasteiger partial charge in [0.25, 0.3) is 0 Å². The molecule has 0 unspecified atom stereocenters. The quantitative estimate of drug-likeness (QED) is 0.788. The average Bonchev–Trinajstić information content (AvgIpc) is 2.26. The number of carboxylic acids is 1. The second-order valence-corrected chi connectivity index (χ2v) is 4.76. The summed E-state index contributed by atoms with van der Waals surface area (Å²) in [4.78, 5) is 10.8. The lowest BCUT2D eigenvalue weighted by Gasteiger charge is -2.09. The molecule has 0 aliphatic carbocycles. The van der Waals surface area contributed by atoms with Gasteiger partial charge in [0, 0.05) is 17.1 Å². The zero-order valence-corrected chi connectivity index (χ0v) is 11.9. The number of carboxylic acid groups (broad SMARTS) is 1. The molecule has 0 radical (unpaired) electrons. The summed E-state index contributed by atoms with van der Waals surface area (Å²) in [6.07, 6.45) is 2.04. The third-order valence-electron chi connectivity index (χ3n) is 2.29. The van der Waals surface area contributed by atoms with Crippen LogP contribution in [0.5, 0.6) is 0 Å². The number of rotatable bonds is 5. The number of benzene rings is 1. The maximum Gasteiger partial charge on any atom is 0.331 e. The minimum Gasteiger partial charge on any atom is -0.478 e. The van der Waals surface area contributed by atoms with Crippen molar-refractivity contribution in [2.75, 3.05) is 11.9 Å². The van der Waals surface area contributed by atoms with Gasteiger partial charge in [-0.1, -0.05) is 47.8 Å². The Morgan fingerprint density at radius 1 is 1.33 bits per heavy atom. The highest BCUT2D eigenvalue weighted by atomic mass is 35.5. The van der Waals surface area contributed by atoms with Crippen molar-refractivity contribution in [3.05, 3.63) is 38.8 Å². The maximum atomic E-state index is 10.8. The third-order valence-corrected chi connectivity index (χ3v) is 3.10. The molecule has 0 amide bonds. The van der Waals surface area contributed by atoms with Gasteiger partial charge in [-0.3, -0.25) is 0 Å². The van der Waals surface area contributed by atoms with Gasteiger partial charge < -0.3 is 10.4 Å². The topological polar surface area (TPSA) is 49.3 Å². The fourth-order valence-corrected chi connectivity index (χ4v) is 2.32. The number of aliphatic carboxylic acids is 1. The molecule has 0 aliphatic rings. The zero-order chi connectivity index (χ0) is 13.7. The van der Waals surface area contributed by atoms with Crippen molar-refractivity contribution < 1.29 is 9.90 Å². The molecular formula is C12H12Cl3NO2. The Kier molecular flexibility index (Phi) is 5.79. The molecule has 0 saturated carbocycles. The summed E-state index contributed by atoms with van der Waals surface area (Å²) in [6.45, 7) is 2.11. The van der Waals surface area contributed by atoms with Gasteiger partial charge in [0.2, 0.25) is 0 Å². The molecule has 1 aromatic carbocycles. The number of anilines is 1. The highest BCUT2D eigenvalue weighted by molar-refractivity contribution is 6.41. The molecule has 18 heavy (non-hydrogen) atoms. The first-order chi connectivity index (χ1) is 8.45. The second kappa shape index (κ2) is 6.88. The smallest absolute Gasteiger partial charge is 0.331 e. The summed E-state index contributed by atoms with van der Waals surface area (Å²) >= 11 is 17.7. The van der Waals surface area contributed by atoms with Crippen LogP contribution in [0.3, 0.4) is 0 Å². The minimum absolute atomic E-state index is 0.330. The van der Waals surface area contributed by atoms with E-state index in [2.05, 4.69) is 5.32 Å². The van der Waals surface area contributed by atoms with E-state index in [0.29, 0.717) is 39.3 Å². The monoisotopic (exact) mass is 307 g/mol. The second-order valence-electron chi connectivity index (χ2n) is 3.51. The van der Waals surface area contributed by atoms with Crippen LogP contribution in [0.25, 0.3) is 0 Å². The molecule has 6 heteroatoms. The Morgan fingerprint density at radius 3 is 2.33 bits per heavy atom. The predicted molar refractivity (Wildman–Crippen MR) is 76.0 cm³/mol.